The number of rotatable bonds is 4. The molecule has 2 N–H and O–H groups in total. The molecule has 0 spiro atoms. The molecule has 0 aliphatic heterocycles. The summed E-state index contributed by atoms with van der Waals surface area (Å²) >= 11 is 0. The third kappa shape index (κ3) is 3.76. The third-order valence-electron chi connectivity index (χ3n) is 2.18. The molecule has 0 aromatic heterocycles. The molecule has 1 aromatic carbocycles. The summed E-state index contributed by atoms with van der Waals surface area (Å²) in [5.74, 6) is -9.18. The van der Waals surface area contributed by atoms with Gasteiger partial charge in [0, 0.05) is 18.7 Å². The van der Waals surface area contributed by atoms with Crippen molar-refractivity contribution in [1.29, 1.82) is 0 Å². The Bertz CT molecular complexity index is 464. The molecular weight excluding hydrogens is 280 g/mol. The third-order valence-corrected chi connectivity index (χ3v) is 2.18. The first kappa shape index (κ1) is 15.1. The van der Waals surface area contributed by atoms with Crippen molar-refractivity contribution < 1.29 is 36.2 Å². The van der Waals surface area contributed by atoms with Crippen molar-refractivity contribution in [3.63, 3.8) is 0 Å². The number of aliphatic carboxylic acids is 1. The predicted octanol–water partition coefficient (Wildman–Crippen LogP) is 2.78. The quantitative estimate of drug-likeness (QED) is 0.837. The fraction of sp³-hybridized carbons (Fsp3) is 0.300. The number of benzene rings is 1. The van der Waals surface area contributed by atoms with Gasteiger partial charge in [-0.2, -0.15) is 13.2 Å². The number of alkyl halides is 3. The zero-order valence-corrected chi connectivity index (χ0v) is 9.06. The number of hydrogen-bond donors (Lipinski definition) is 2. The lowest BCUT2D eigenvalue weighted by atomic mass is 10.1. The Balaban J connectivity index is 2.90. The van der Waals surface area contributed by atoms with E-state index in [1.54, 1.807) is 5.32 Å². The van der Waals surface area contributed by atoms with Gasteiger partial charge in [-0.25, -0.2) is 13.2 Å². The van der Waals surface area contributed by atoms with Crippen molar-refractivity contribution in [1.82, 2.24) is 0 Å². The number of halogens is 6. The van der Waals surface area contributed by atoms with Crippen LogP contribution in [-0.2, 0) is 4.79 Å². The van der Waals surface area contributed by atoms with Crippen LogP contribution in [0, 0.1) is 23.4 Å². The molecule has 1 rings (SSSR count). The van der Waals surface area contributed by atoms with Gasteiger partial charge in [-0.15, -0.1) is 0 Å². The molecule has 0 radical (unpaired) electrons. The summed E-state index contributed by atoms with van der Waals surface area (Å²) < 4.78 is 75.5. The maximum atomic E-state index is 13.1. The molecule has 0 saturated heterocycles. The molecule has 9 heteroatoms. The molecular formula is C10H7F6NO2. The van der Waals surface area contributed by atoms with Gasteiger partial charge >= 0.3 is 12.1 Å². The summed E-state index contributed by atoms with van der Waals surface area (Å²) in [5.41, 5.74) is -1.02. The Kier molecular flexibility index (Phi) is 4.28. The number of nitrogens with one attached hydrogen (secondary N) is 1. The Labute approximate surface area is 102 Å². The van der Waals surface area contributed by atoms with Crippen LogP contribution in [0.3, 0.4) is 0 Å². The van der Waals surface area contributed by atoms with Gasteiger partial charge < -0.3 is 10.4 Å². The Hall–Kier alpha value is -1.93. The first-order valence-corrected chi connectivity index (χ1v) is 4.81. The molecule has 0 aliphatic rings. The van der Waals surface area contributed by atoms with Gasteiger partial charge in [0.25, 0.3) is 0 Å². The maximum Gasteiger partial charge on any atom is 0.403 e. The fourth-order valence-electron chi connectivity index (χ4n) is 1.26. The van der Waals surface area contributed by atoms with Gasteiger partial charge in [0.15, 0.2) is 17.6 Å². The van der Waals surface area contributed by atoms with Crippen LogP contribution in [0.1, 0.15) is 0 Å². The van der Waals surface area contributed by atoms with Crippen molar-refractivity contribution in [3.8, 4) is 0 Å². The van der Waals surface area contributed by atoms with E-state index in [1.165, 1.54) is 0 Å². The van der Waals surface area contributed by atoms with E-state index in [4.69, 9.17) is 5.11 Å². The van der Waals surface area contributed by atoms with E-state index in [2.05, 4.69) is 0 Å². The van der Waals surface area contributed by atoms with Crippen LogP contribution in [0.5, 0.6) is 0 Å². The smallest absolute Gasteiger partial charge is 0.403 e. The van der Waals surface area contributed by atoms with E-state index in [9.17, 15) is 31.1 Å². The first-order valence-electron chi connectivity index (χ1n) is 4.81. The van der Waals surface area contributed by atoms with Crippen LogP contribution in [0.15, 0.2) is 12.1 Å². The van der Waals surface area contributed by atoms with Crippen molar-refractivity contribution in [2.45, 2.75) is 6.18 Å². The molecule has 1 aromatic rings. The van der Waals surface area contributed by atoms with E-state index in [1.807, 2.05) is 0 Å². The molecule has 19 heavy (non-hydrogen) atoms. The van der Waals surface area contributed by atoms with Gasteiger partial charge in [-0.05, 0) is 0 Å². The van der Waals surface area contributed by atoms with E-state index < -0.39 is 47.7 Å². The summed E-state index contributed by atoms with van der Waals surface area (Å²) in [5, 5.41) is 10.0. The van der Waals surface area contributed by atoms with Gasteiger partial charge in [-0.3, -0.25) is 4.79 Å². The highest BCUT2D eigenvalue weighted by molar-refractivity contribution is 5.71. The molecule has 0 amide bonds. The Morgan fingerprint density at radius 1 is 1.21 bits per heavy atom. The largest absolute Gasteiger partial charge is 0.481 e. The van der Waals surface area contributed by atoms with Crippen LogP contribution in [-0.4, -0.2) is 23.8 Å². The van der Waals surface area contributed by atoms with Crippen LogP contribution in [0.4, 0.5) is 32.0 Å². The lowest BCUT2D eigenvalue weighted by Gasteiger charge is -2.17. The van der Waals surface area contributed by atoms with Crippen LogP contribution >= 0.6 is 0 Å². The van der Waals surface area contributed by atoms with Gasteiger partial charge in [0.05, 0.1) is 0 Å². The molecule has 106 valence electrons. The number of hydrogen-bond acceptors (Lipinski definition) is 2. The highest BCUT2D eigenvalue weighted by atomic mass is 19.4. The fourth-order valence-corrected chi connectivity index (χ4v) is 1.26. The van der Waals surface area contributed by atoms with Crippen LogP contribution < -0.4 is 5.32 Å². The molecule has 3 nitrogen and oxygen atoms in total. The van der Waals surface area contributed by atoms with E-state index >= 15 is 0 Å². The summed E-state index contributed by atoms with van der Waals surface area (Å²) in [6, 6.07) is 0.517. The lowest BCUT2D eigenvalue weighted by Crippen LogP contribution is -2.36. The summed E-state index contributed by atoms with van der Waals surface area (Å²) in [4.78, 5) is 10.4. The minimum atomic E-state index is -5.08. The molecule has 0 fully saturated rings. The zero-order chi connectivity index (χ0) is 14.8. The van der Waals surface area contributed by atoms with Crippen molar-refractivity contribution in [2.24, 2.45) is 5.92 Å². The normalized spacial score (nSPS) is 13.2. The minimum Gasteiger partial charge on any atom is -0.481 e. The summed E-state index contributed by atoms with van der Waals surface area (Å²) in [7, 11) is 0. The van der Waals surface area contributed by atoms with Gasteiger partial charge in [-0.1, -0.05) is 0 Å². The standard InChI is InChI=1S/C10H7F6NO2/c11-4-1-6(12)8(7(13)2-4)17-3-5(9(18)19)10(14,15)16/h1-2,5,17H,3H2,(H,18,19). The topological polar surface area (TPSA) is 49.3 Å². The number of anilines is 1. The average Bonchev–Trinajstić information content (AvgIpc) is 2.18. The first-order chi connectivity index (χ1) is 8.62. The van der Waals surface area contributed by atoms with Crippen molar-refractivity contribution in [2.75, 3.05) is 11.9 Å². The van der Waals surface area contributed by atoms with Gasteiger partial charge in [0.2, 0.25) is 0 Å². The molecule has 1 atom stereocenters. The SMILES string of the molecule is O=C(O)C(CNc1c(F)cc(F)cc1F)C(F)(F)F. The van der Waals surface area contributed by atoms with E-state index in [-0.39, 0.29) is 12.1 Å². The summed E-state index contributed by atoms with van der Waals surface area (Å²) in [6.45, 7) is -1.28. The van der Waals surface area contributed by atoms with Gasteiger partial charge in [0.1, 0.15) is 11.5 Å². The van der Waals surface area contributed by atoms with E-state index in [0.29, 0.717) is 0 Å². The Morgan fingerprint density at radius 3 is 2.05 bits per heavy atom. The number of carboxylic acids is 1. The summed E-state index contributed by atoms with van der Waals surface area (Å²) in [6.07, 6.45) is -5.08. The Morgan fingerprint density at radius 2 is 1.68 bits per heavy atom. The molecule has 0 bridgehead atoms. The highest BCUT2D eigenvalue weighted by Crippen LogP contribution is 2.28. The maximum absolute atomic E-state index is 13.1. The highest BCUT2D eigenvalue weighted by Gasteiger charge is 2.45. The number of carboxylic acid groups (broad SMARTS) is 1. The second-order valence-corrected chi connectivity index (χ2v) is 3.56. The monoisotopic (exact) mass is 287 g/mol. The minimum absolute atomic E-state index is 0.259. The van der Waals surface area contributed by atoms with Crippen molar-refractivity contribution in [3.05, 3.63) is 29.6 Å². The molecule has 1 unspecified atom stereocenters. The second kappa shape index (κ2) is 5.37. The molecule has 0 heterocycles. The van der Waals surface area contributed by atoms with E-state index in [0.717, 1.165) is 0 Å². The predicted molar refractivity (Wildman–Crippen MR) is 52.0 cm³/mol. The molecule has 0 aliphatic carbocycles. The lowest BCUT2D eigenvalue weighted by molar-refractivity contribution is -0.190. The zero-order valence-electron chi connectivity index (χ0n) is 9.06. The second-order valence-electron chi connectivity index (χ2n) is 3.56. The van der Waals surface area contributed by atoms with Crippen LogP contribution in [0.2, 0.25) is 0 Å². The number of carbonyl (C=O) groups is 1. The van der Waals surface area contributed by atoms with Crippen molar-refractivity contribution >= 4 is 11.7 Å². The average molecular weight is 287 g/mol. The van der Waals surface area contributed by atoms with Crippen LogP contribution in [0.25, 0.3) is 0 Å². The molecule has 0 saturated carbocycles.